The predicted molar refractivity (Wildman–Crippen MR) is 61.9 cm³/mol. The van der Waals surface area contributed by atoms with Crippen LogP contribution < -0.4 is 0 Å². The highest BCUT2D eigenvalue weighted by Crippen LogP contribution is 2.22. The molecule has 1 rings (SSSR count). The summed E-state index contributed by atoms with van der Waals surface area (Å²) in [6, 6.07) is 6.94. The molecule has 2 N–H and O–H groups in total. The van der Waals surface area contributed by atoms with Crippen molar-refractivity contribution in [2.24, 2.45) is 0 Å². The summed E-state index contributed by atoms with van der Waals surface area (Å²) in [6.07, 6.45) is -0.188. The minimum absolute atomic E-state index is 0.504. The van der Waals surface area contributed by atoms with Gasteiger partial charge in [-0.3, -0.25) is 0 Å². The fourth-order valence-corrected chi connectivity index (χ4v) is 2.43. The van der Waals surface area contributed by atoms with Gasteiger partial charge in [0, 0.05) is 6.26 Å². The smallest absolute Gasteiger partial charge is 0.155 e. The van der Waals surface area contributed by atoms with Gasteiger partial charge < -0.3 is 10.2 Å². The van der Waals surface area contributed by atoms with Gasteiger partial charge in [0.15, 0.2) is 9.84 Å². The van der Waals surface area contributed by atoms with Crippen LogP contribution in [0.15, 0.2) is 24.3 Å². The maximum atomic E-state index is 11.3. The van der Waals surface area contributed by atoms with E-state index in [0.29, 0.717) is 5.56 Å². The van der Waals surface area contributed by atoms with Gasteiger partial charge in [-0.25, -0.2) is 8.42 Å². The second kappa shape index (κ2) is 4.95. The normalized spacial score (nSPS) is 15.8. The van der Waals surface area contributed by atoms with E-state index in [1.54, 1.807) is 18.2 Å². The zero-order chi connectivity index (χ0) is 12.3. The number of aliphatic hydroxyl groups is 2. The Balaban J connectivity index is 3.05. The van der Waals surface area contributed by atoms with Crippen molar-refractivity contribution in [1.29, 1.82) is 0 Å². The summed E-state index contributed by atoms with van der Waals surface area (Å²) in [4.78, 5) is 0. The largest absolute Gasteiger partial charge is 0.395 e. The number of aryl methyl sites for hydroxylation is 1. The highest BCUT2D eigenvalue weighted by molar-refractivity contribution is 7.91. The van der Waals surface area contributed by atoms with E-state index in [-0.39, 0.29) is 0 Å². The van der Waals surface area contributed by atoms with Crippen molar-refractivity contribution in [3.05, 3.63) is 35.4 Å². The van der Waals surface area contributed by atoms with Crippen LogP contribution in [0.2, 0.25) is 0 Å². The third kappa shape index (κ3) is 3.04. The summed E-state index contributed by atoms with van der Waals surface area (Å²) in [5.41, 5.74) is 1.44. The van der Waals surface area contributed by atoms with Gasteiger partial charge >= 0.3 is 0 Å². The third-order valence-electron chi connectivity index (χ3n) is 2.47. The first-order valence-corrected chi connectivity index (χ1v) is 6.86. The zero-order valence-corrected chi connectivity index (χ0v) is 10.1. The maximum absolute atomic E-state index is 11.3. The van der Waals surface area contributed by atoms with Gasteiger partial charge in [-0.1, -0.05) is 29.8 Å². The van der Waals surface area contributed by atoms with E-state index in [1.807, 2.05) is 13.0 Å². The molecule has 1 aromatic carbocycles. The third-order valence-corrected chi connectivity index (χ3v) is 3.97. The molecule has 90 valence electrons. The summed E-state index contributed by atoms with van der Waals surface area (Å²) in [7, 11) is -3.48. The van der Waals surface area contributed by atoms with Gasteiger partial charge in [0.1, 0.15) is 5.25 Å². The monoisotopic (exact) mass is 244 g/mol. The van der Waals surface area contributed by atoms with Crippen molar-refractivity contribution in [3.8, 4) is 0 Å². The van der Waals surface area contributed by atoms with Crippen LogP contribution in [0.25, 0.3) is 0 Å². The van der Waals surface area contributed by atoms with Crippen LogP contribution in [-0.2, 0) is 9.84 Å². The Morgan fingerprint density at radius 2 is 2.00 bits per heavy atom. The Bertz CT molecular complexity index is 453. The average molecular weight is 244 g/mol. The molecule has 0 spiro atoms. The molecule has 0 bridgehead atoms. The molecule has 4 nitrogen and oxygen atoms in total. The van der Waals surface area contributed by atoms with Crippen molar-refractivity contribution in [2.75, 3.05) is 12.9 Å². The van der Waals surface area contributed by atoms with Crippen LogP contribution in [-0.4, -0.2) is 36.7 Å². The molecule has 0 aromatic heterocycles. The second-order valence-electron chi connectivity index (χ2n) is 3.91. The lowest BCUT2D eigenvalue weighted by atomic mass is 10.0. The van der Waals surface area contributed by atoms with Gasteiger partial charge in [0.2, 0.25) is 0 Å². The molecular weight excluding hydrogens is 228 g/mol. The van der Waals surface area contributed by atoms with Crippen molar-refractivity contribution < 1.29 is 18.6 Å². The summed E-state index contributed by atoms with van der Waals surface area (Å²) >= 11 is 0. The lowest BCUT2D eigenvalue weighted by Gasteiger charge is -2.19. The quantitative estimate of drug-likeness (QED) is 0.805. The summed E-state index contributed by atoms with van der Waals surface area (Å²) < 4.78 is 22.7. The lowest BCUT2D eigenvalue weighted by molar-refractivity contribution is 0.138. The molecule has 2 atom stereocenters. The van der Waals surface area contributed by atoms with Gasteiger partial charge in [-0.05, 0) is 12.5 Å². The van der Waals surface area contributed by atoms with E-state index in [2.05, 4.69) is 0 Å². The molecular formula is C11H16O4S. The van der Waals surface area contributed by atoms with E-state index in [4.69, 9.17) is 5.11 Å². The van der Waals surface area contributed by atoms with Crippen LogP contribution in [0.1, 0.15) is 17.2 Å². The maximum Gasteiger partial charge on any atom is 0.155 e. The number of sulfone groups is 1. The topological polar surface area (TPSA) is 74.6 Å². The second-order valence-corrected chi connectivity index (χ2v) is 6.17. The Hall–Kier alpha value is -0.910. The minimum atomic E-state index is -3.48. The number of rotatable bonds is 4. The first kappa shape index (κ1) is 13.2. The number of hydrogen-bond acceptors (Lipinski definition) is 4. The van der Waals surface area contributed by atoms with Crippen molar-refractivity contribution in [1.82, 2.24) is 0 Å². The molecule has 0 aliphatic heterocycles. The van der Waals surface area contributed by atoms with Gasteiger partial charge in [0.05, 0.1) is 12.7 Å². The number of aliphatic hydroxyl groups excluding tert-OH is 2. The number of benzene rings is 1. The van der Waals surface area contributed by atoms with E-state index in [1.165, 1.54) is 0 Å². The van der Waals surface area contributed by atoms with Crippen LogP contribution in [0, 0.1) is 6.92 Å². The molecule has 1 aromatic rings. The van der Waals surface area contributed by atoms with E-state index in [9.17, 15) is 13.5 Å². The molecule has 0 heterocycles. The molecule has 0 aliphatic carbocycles. The number of hydrogen-bond donors (Lipinski definition) is 2. The fourth-order valence-electron chi connectivity index (χ4n) is 1.54. The fraction of sp³-hybridized carbons (Fsp3) is 0.455. The van der Waals surface area contributed by atoms with Crippen LogP contribution in [0.4, 0.5) is 0 Å². The highest BCUT2D eigenvalue weighted by atomic mass is 32.2. The van der Waals surface area contributed by atoms with E-state index >= 15 is 0 Å². The molecule has 0 saturated carbocycles. The first-order valence-electron chi connectivity index (χ1n) is 4.90. The molecule has 0 saturated heterocycles. The molecule has 0 amide bonds. The summed E-state index contributed by atoms with van der Waals surface area (Å²) in [6.45, 7) is 1.26. The lowest BCUT2D eigenvalue weighted by Crippen LogP contribution is -2.31. The Labute approximate surface area is 95.5 Å². The average Bonchev–Trinajstić information content (AvgIpc) is 2.16. The van der Waals surface area contributed by atoms with Gasteiger partial charge in [-0.2, -0.15) is 0 Å². The zero-order valence-electron chi connectivity index (χ0n) is 9.29. The van der Waals surface area contributed by atoms with Crippen LogP contribution in [0.3, 0.4) is 0 Å². The minimum Gasteiger partial charge on any atom is -0.395 e. The Morgan fingerprint density at radius 3 is 2.44 bits per heavy atom. The van der Waals surface area contributed by atoms with Gasteiger partial charge in [-0.15, -0.1) is 0 Å². The van der Waals surface area contributed by atoms with Crippen LogP contribution >= 0.6 is 0 Å². The molecule has 0 fully saturated rings. The van der Waals surface area contributed by atoms with E-state index < -0.39 is 27.8 Å². The highest BCUT2D eigenvalue weighted by Gasteiger charge is 2.29. The van der Waals surface area contributed by atoms with Gasteiger partial charge in [0.25, 0.3) is 0 Å². The first-order chi connectivity index (χ1) is 7.36. The summed E-state index contributed by atoms with van der Waals surface area (Å²) in [5.74, 6) is 0. The molecule has 0 unspecified atom stereocenters. The Kier molecular flexibility index (Phi) is 4.07. The molecule has 0 aliphatic rings. The Morgan fingerprint density at radius 1 is 1.38 bits per heavy atom. The predicted octanol–water partition coefficient (Wildman–Crippen LogP) is 0.434. The summed E-state index contributed by atoms with van der Waals surface area (Å²) in [5, 5.41) is 17.8. The van der Waals surface area contributed by atoms with Crippen molar-refractivity contribution in [3.63, 3.8) is 0 Å². The molecule has 16 heavy (non-hydrogen) atoms. The van der Waals surface area contributed by atoms with E-state index in [0.717, 1.165) is 11.8 Å². The van der Waals surface area contributed by atoms with Crippen molar-refractivity contribution in [2.45, 2.75) is 18.3 Å². The SMILES string of the molecule is Cc1cccc([C@H](O)[C@H](CO)S(C)(=O)=O)c1. The van der Waals surface area contributed by atoms with Crippen LogP contribution in [0.5, 0.6) is 0 Å². The van der Waals surface area contributed by atoms with Crippen molar-refractivity contribution >= 4 is 9.84 Å². The standard InChI is InChI=1S/C11H16O4S/c1-8-4-3-5-9(6-8)11(13)10(7-12)16(2,14)15/h3-6,10-13H,7H2,1-2H3/t10-,11-/m0/s1. The molecule has 0 radical (unpaired) electrons. The molecule has 5 heteroatoms.